The summed E-state index contributed by atoms with van der Waals surface area (Å²) in [5.74, 6) is 0. The molecule has 0 aliphatic heterocycles. The molecule has 18 heavy (non-hydrogen) atoms. The Morgan fingerprint density at radius 2 is 1.11 bits per heavy atom. The fourth-order valence-corrected chi connectivity index (χ4v) is 1.10. The maximum atomic E-state index is 8.36. The largest absolute Gasteiger partial charge is 0.328 e. The molecule has 2 aromatic rings. The third-order valence-corrected chi connectivity index (χ3v) is 1.79. The Labute approximate surface area is 103 Å². The highest BCUT2D eigenvalue weighted by Gasteiger charge is 1.86. The monoisotopic (exact) mass is 245 g/mol. The van der Waals surface area contributed by atoms with Crippen molar-refractivity contribution in [3.63, 3.8) is 0 Å². The van der Waals surface area contributed by atoms with E-state index in [1.807, 2.05) is 60.7 Å². The van der Waals surface area contributed by atoms with Crippen LogP contribution >= 0.6 is 0 Å². The SMILES string of the molecule is O=[N+]([O-])O.c1ccc(N=Nc2ccccc2)cc1. The van der Waals surface area contributed by atoms with E-state index in [4.69, 9.17) is 15.3 Å². The van der Waals surface area contributed by atoms with E-state index in [2.05, 4.69) is 10.2 Å². The van der Waals surface area contributed by atoms with E-state index in [-0.39, 0.29) is 0 Å². The van der Waals surface area contributed by atoms with E-state index in [0.717, 1.165) is 11.4 Å². The second-order valence-electron chi connectivity index (χ2n) is 3.11. The van der Waals surface area contributed by atoms with Crippen LogP contribution in [0.1, 0.15) is 0 Å². The van der Waals surface area contributed by atoms with Gasteiger partial charge in [-0.25, -0.2) is 0 Å². The molecule has 0 unspecified atom stereocenters. The lowest BCUT2D eigenvalue weighted by Crippen LogP contribution is -1.81. The maximum absolute atomic E-state index is 8.36. The summed E-state index contributed by atoms with van der Waals surface area (Å²) in [6, 6.07) is 19.4. The van der Waals surface area contributed by atoms with E-state index < -0.39 is 5.09 Å². The van der Waals surface area contributed by atoms with Crippen molar-refractivity contribution in [2.45, 2.75) is 0 Å². The summed E-state index contributed by atoms with van der Waals surface area (Å²) in [6.45, 7) is 0. The summed E-state index contributed by atoms with van der Waals surface area (Å²) in [5.41, 5.74) is 1.74. The Kier molecular flexibility index (Phi) is 5.55. The fourth-order valence-electron chi connectivity index (χ4n) is 1.10. The van der Waals surface area contributed by atoms with Gasteiger partial charge in [-0.2, -0.15) is 10.2 Å². The van der Waals surface area contributed by atoms with Gasteiger partial charge in [-0.15, -0.1) is 10.1 Å². The molecule has 6 heteroatoms. The van der Waals surface area contributed by atoms with Gasteiger partial charge in [-0.3, -0.25) is 0 Å². The van der Waals surface area contributed by atoms with Crippen LogP contribution in [0.3, 0.4) is 0 Å². The molecule has 0 aromatic heterocycles. The molecule has 0 radical (unpaired) electrons. The van der Waals surface area contributed by atoms with E-state index in [0.29, 0.717) is 0 Å². The van der Waals surface area contributed by atoms with Gasteiger partial charge in [0.1, 0.15) is 0 Å². The zero-order valence-corrected chi connectivity index (χ0v) is 9.38. The molecular formula is C12H11N3O3. The second kappa shape index (κ2) is 7.50. The number of nitrogens with zero attached hydrogens (tertiary/aromatic N) is 3. The predicted molar refractivity (Wildman–Crippen MR) is 65.8 cm³/mol. The Hall–Kier alpha value is -2.76. The van der Waals surface area contributed by atoms with Gasteiger partial charge in [-0.05, 0) is 24.3 Å². The van der Waals surface area contributed by atoms with E-state index in [1.54, 1.807) is 0 Å². The van der Waals surface area contributed by atoms with Gasteiger partial charge in [0.15, 0.2) is 0 Å². The number of hydrogen-bond donors (Lipinski definition) is 1. The van der Waals surface area contributed by atoms with Gasteiger partial charge >= 0.3 is 0 Å². The molecule has 6 nitrogen and oxygen atoms in total. The van der Waals surface area contributed by atoms with E-state index in [9.17, 15) is 0 Å². The maximum Gasteiger partial charge on any atom is 0.291 e. The van der Waals surface area contributed by atoms with Crippen LogP contribution in [0.4, 0.5) is 11.4 Å². The van der Waals surface area contributed by atoms with Crippen molar-refractivity contribution in [2.24, 2.45) is 10.2 Å². The summed E-state index contributed by atoms with van der Waals surface area (Å²) in [7, 11) is 0. The van der Waals surface area contributed by atoms with Gasteiger partial charge in [0.25, 0.3) is 5.09 Å². The predicted octanol–water partition coefficient (Wildman–Crippen LogP) is 3.75. The number of benzene rings is 2. The lowest BCUT2D eigenvalue weighted by molar-refractivity contribution is -0.742. The Bertz CT molecular complexity index is 455. The quantitative estimate of drug-likeness (QED) is 0.496. The Morgan fingerprint density at radius 3 is 1.39 bits per heavy atom. The second-order valence-corrected chi connectivity index (χ2v) is 3.11. The van der Waals surface area contributed by atoms with E-state index >= 15 is 0 Å². The van der Waals surface area contributed by atoms with Gasteiger partial charge in [0.2, 0.25) is 0 Å². The van der Waals surface area contributed by atoms with Crippen molar-refractivity contribution in [1.82, 2.24) is 0 Å². The molecule has 0 spiro atoms. The van der Waals surface area contributed by atoms with Crippen molar-refractivity contribution in [2.75, 3.05) is 0 Å². The number of azo groups is 1. The van der Waals surface area contributed by atoms with Crippen molar-refractivity contribution < 1.29 is 10.3 Å². The molecule has 0 saturated carbocycles. The summed E-state index contributed by atoms with van der Waals surface area (Å²) < 4.78 is 0. The molecule has 92 valence electrons. The summed E-state index contributed by atoms with van der Waals surface area (Å²) in [4.78, 5) is 8.36. The smallest absolute Gasteiger partial charge is 0.291 e. The van der Waals surface area contributed by atoms with Crippen molar-refractivity contribution >= 4 is 11.4 Å². The molecule has 0 fully saturated rings. The van der Waals surface area contributed by atoms with Gasteiger partial charge in [0.05, 0.1) is 11.4 Å². The average molecular weight is 245 g/mol. The molecular weight excluding hydrogens is 234 g/mol. The highest BCUT2D eigenvalue weighted by molar-refractivity contribution is 5.39. The first kappa shape index (κ1) is 13.3. The topological polar surface area (TPSA) is 88.1 Å². The minimum Gasteiger partial charge on any atom is -0.328 e. The molecule has 0 aliphatic carbocycles. The normalized spacial score (nSPS) is 9.56. The number of hydrogen-bond acceptors (Lipinski definition) is 4. The zero-order chi connectivity index (χ0) is 13.2. The van der Waals surface area contributed by atoms with Crippen LogP contribution in [-0.2, 0) is 0 Å². The lowest BCUT2D eigenvalue weighted by atomic mass is 10.3. The van der Waals surface area contributed by atoms with Crippen LogP contribution in [0.2, 0.25) is 0 Å². The Morgan fingerprint density at radius 1 is 0.833 bits per heavy atom. The molecule has 0 bridgehead atoms. The van der Waals surface area contributed by atoms with Crippen LogP contribution in [0.25, 0.3) is 0 Å². The highest BCUT2D eigenvalue weighted by Crippen LogP contribution is 2.16. The first-order valence-corrected chi connectivity index (χ1v) is 5.03. The highest BCUT2D eigenvalue weighted by atomic mass is 16.9. The lowest BCUT2D eigenvalue weighted by Gasteiger charge is -1.91. The molecule has 0 amide bonds. The van der Waals surface area contributed by atoms with E-state index in [1.165, 1.54) is 0 Å². The molecule has 2 aromatic carbocycles. The minimum absolute atomic E-state index is 0.872. The van der Waals surface area contributed by atoms with Crippen molar-refractivity contribution in [3.8, 4) is 0 Å². The molecule has 0 saturated heterocycles. The summed E-state index contributed by atoms with van der Waals surface area (Å²) in [5, 5.41) is 21.8. The van der Waals surface area contributed by atoms with Crippen LogP contribution in [0, 0.1) is 10.1 Å². The molecule has 1 N–H and O–H groups in total. The van der Waals surface area contributed by atoms with Gasteiger partial charge in [0, 0.05) is 0 Å². The standard InChI is InChI=1S/C12H10N2.HNO3/c1-3-7-11(8-4-1)13-14-12-9-5-2-6-10-12;2-1(3)4/h1-10H;(H,2,3,4). The fraction of sp³-hybridized carbons (Fsp3) is 0. The first-order valence-electron chi connectivity index (χ1n) is 5.03. The van der Waals surface area contributed by atoms with Crippen molar-refractivity contribution in [1.29, 1.82) is 0 Å². The minimum atomic E-state index is -1.50. The molecule has 0 atom stereocenters. The van der Waals surface area contributed by atoms with Crippen LogP contribution in [0.15, 0.2) is 70.9 Å². The van der Waals surface area contributed by atoms with Crippen molar-refractivity contribution in [3.05, 3.63) is 70.8 Å². The average Bonchev–Trinajstić information content (AvgIpc) is 2.38. The summed E-state index contributed by atoms with van der Waals surface area (Å²) >= 11 is 0. The Balaban J connectivity index is 0.000000357. The summed E-state index contributed by atoms with van der Waals surface area (Å²) in [6.07, 6.45) is 0. The molecule has 0 heterocycles. The number of rotatable bonds is 2. The first-order chi connectivity index (χ1) is 8.68. The van der Waals surface area contributed by atoms with Crippen LogP contribution in [0.5, 0.6) is 0 Å². The van der Waals surface area contributed by atoms with Gasteiger partial charge < -0.3 is 5.21 Å². The van der Waals surface area contributed by atoms with Gasteiger partial charge in [-0.1, -0.05) is 36.4 Å². The molecule has 2 rings (SSSR count). The third kappa shape index (κ3) is 5.96. The zero-order valence-electron chi connectivity index (χ0n) is 9.38. The van der Waals surface area contributed by atoms with Crippen LogP contribution < -0.4 is 0 Å². The molecule has 0 aliphatic rings. The third-order valence-electron chi connectivity index (χ3n) is 1.79. The van der Waals surface area contributed by atoms with Crippen LogP contribution in [-0.4, -0.2) is 10.3 Å².